The molecule has 1 amide bonds. The van der Waals surface area contributed by atoms with Gasteiger partial charge in [0.1, 0.15) is 6.04 Å². The van der Waals surface area contributed by atoms with Crippen molar-refractivity contribution in [3.63, 3.8) is 0 Å². The molecule has 0 aliphatic carbocycles. The van der Waals surface area contributed by atoms with E-state index in [1.165, 1.54) is 19.3 Å². The van der Waals surface area contributed by atoms with Gasteiger partial charge in [0.2, 0.25) is 11.9 Å². The van der Waals surface area contributed by atoms with Crippen LogP contribution in [-0.2, 0) is 4.79 Å². The Morgan fingerprint density at radius 1 is 1.00 bits per heavy atom. The average molecular weight is 421 g/mol. The molecule has 1 unspecified atom stereocenters. The molecule has 1 atom stereocenters. The summed E-state index contributed by atoms with van der Waals surface area (Å²) in [4.78, 5) is 28.0. The molecule has 31 heavy (non-hydrogen) atoms. The van der Waals surface area contributed by atoms with Crippen LogP contribution in [-0.4, -0.2) is 75.6 Å². The van der Waals surface area contributed by atoms with Gasteiger partial charge in [-0.25, -0.2) is 9.50 Å². The highest BCUT2D eigenvalue weighted by molar-refractivity contribution is 5.84. The number of nitrogens with zero attached hydrogens (tertiary/aromatic N) is 7. The lowest BCUT2D eigenvalue weighted by Gasteiger charge is -2.37. The topological polar surface area (TPSA) is 81.9 Å². The summed E-state index contributed by atoms with van der Waals surface area (Å²) in [6, 6.07) is 7.77. The molecule has 0 spiro atoms. The molecule has 2 aromatic heterocycles. The van der Waals surface area contributed by atoms with Crippen molar-refractivity contribution in [3.05, 3.63) is 42.2 Å². The molecule has 2 aliphatic rings. The van der Waals surface area contributed by atoms with E-state index in [1.807, 2.05) is 44.6 Å². The van der Waals surface area contributed by atoms with Crippen LogP contribution in [0.25, 0.3) is 5.65 Å². The predicted molar refractivity (Wildman–Crippen MR) is 120 cm³/mol. The van der Waals surface area contributed by atoms with Crippen LogP contribution in [0.4, 0.5) is 17.5 Å². The van der Waals surface area contributed by atoms with E-state index in [4.69, 9.17) is 4.98 Å². The first kappa shape index (κ1) is 19.7. The molecule has 2 fully saturated rings. The van der Waals surface area contributed by atoms with Gasteiger partial charge in [-0.3, -0.25) is 9.69 Å². The summed E-state index contributed by atoms with van der Waals surface area (Å²) in [5.41, 5.74) is 2.58. The zero-order valence-electron chi connectivity index (χ0n) is 18.0. The molecule has 9 heteroatoms. The Balaban J connectivity index is 1.41. The zero-order valence-corrected chi connectivity index (χ0v) is 18.0. The molecule has 0 bridgehead atoms. The molecule has 5 rings (SSSR count). The maximum absolute atomic E-state index is 12.7. The molecule has 0 radical (unpaired) electrons. The summed E-state index contributed by atoms with van der Waals surface area (Å²) < 4.78 is 1.78. The number of piperazine rings is 1. The van der Waals surface area contributed by atoms with E-state index < -0.39 is 0 Å². The van der Waals surface area contributed by atoms with Gasteiger partial charge in [0, 0.05) is 51.3 Å². The summed E-state index contributed by atoms with van der Waals surface area (Å²) in [5, 5.41) is 8.05. The Labute approximate surface area is 181 Å². The fraction of sp³-hybridized carbons (Fsp3) is 0.455. The normalized spacial score (nSPS) is 20.5. The Morgan fingerprint density at radius 3 is 2.55 bits per heavy atom. The zero-order chi connectivity index (χ0) is 21.4. The number of amides is 1. The quantitative estimate of drug-likeness (QED) is 0.694. The highest BCUT2D eigenvalue weighted by Gasteiger charge is 2.31. The second-order valence-electron chi connectivity index (χ2n) is 8.39. The van der Waals surface area contributed by atoms with Crippen LogP contribution in [0.3, 0.4) is 0 Å². The number of fused-ring (bicyclic) bond motifs is 1. The lowest BCUT2D eigenvalue weighted by molar-refractivity contribution is -0.139. The molecule has 4 heterocycles. The van der Waals surface area contributed by atoms with Crippen LogP contribution in [0, 0.1) is 0 Å². The van der Waals surface area contributed by atoms with Gasteiger partial charge in [-0.1, -0.05) is 12.1 Å². The Kier molecular flexibility index (Phi) is 5.19. The van der Waals surface area contributed by atoms with Crippen LogP contribution in [0.1, 0.15) is 30.9 Å². The van der Waals surface area contributed by atoms with Gasteiger partial charge in [-0.2, -0.15) is 4.98 Å². The molecule has 2 aliphatic heterocycles. The predicted octanol–water partition coefficient (Wildman–Crippen LogP) is 2.30. The first-order valence-corrected chi connectivity index (χ1v) is 10.9. The largest absolute Gasteiger partial charge is 0.343 e. The minimum absolute atomic E-state index is 0.135. The first-order valence-electron chi connectivity index (χ1n) is 10.9. The van der Waals surface area contributed by atoms with Crippen LogP contribution >= 0.6 is 0 Å². The van der Waals surface area contributed by atoms with Gasteiger partial charge in [-0.15, -0.1) is 5.10 Å². The van der Waals surface area contributed by atoms with Crippen molar-refractivity contribution in [2.45, 2.75) is 25.3 Å². The van der Waals surface area contributed by atoms with Crippen LogP contribution in [0.2, 0.25) is 0 Å². The second-order valence-corrected chi connectivity index (χ2v) is 8.39. The smallest absolute Gasteiger partial charge is 0.245 e. The minimum Gasteiger partial charge on any atom is -0.343 e. The molecule has 0 saturated carbocycles. The lowest BCUT2D eigenvalue weighted by atomic mass is 10.0. The van der Waals surface area contributed by atoms with Gasteiger partial charge in [-0.05, 0) is 44.0 Å². The van der Waals surface area contributed by atoms with E-state index in [9.17, 15) is 4.79 Å². The van der Waals surface area contributed by atoms with Crippen LogP contribution in [0.5, 0.6) is 0 Å². The van der Waals surface area contributed by atoms with Gasteiger partial charge < -0.3 is 15.1 Å². The highest BCUT2D eigenvalue weighted by Crippen LogP contribution is 2.28. The number of carbonyl (C=O) groups excluding carboxylic acids is 1. The van der Waals surface area contributed by atoms with Crippen LogP contribution in [0.15, 0.2) is 36.7 Å². The van der Waals surface area contributed by atoms with Gasteiger partial charge in [0.05, 0.1) is 0 Å². The number of anilines is 3. The minimum atomic E-state index is -0.239. The number of imidazole rings is 1. The summed E-state index contributed by atoms with van der Waals surface area (Å²) >= 11 is 0. The second kappa shape index (κ2) is 8.14. The Bertz CT molecular complexity index is 1070. The number of likely N-dealkylation sites (N-methyl/N-ethyl adjacent to an activating group) is 2. The number of aromatic nitrogens is 4. The molecule has 1 aromatic carbocycles. The number of piperidine rings is 1. The van der Waals surface area contributed by atoms with Crippen molar-refractivity contribution in [3.8, 4) is 0 Å². The van der Waals surface area contributed by atoms with E-state index >= 15 is 0 Å². The number of hydrogen-bond acceptors (Lipinski definition) is 7. The first-order chi connectivity index (χ1) is 15.1. The molecule has 1 N–H and O–H groups in total. The van der Waals surface area contributed by atoms with Crippen molar-refractivity contribution in [2.24, 2.45) is 0 Å². The standard InChI is InChI=1S/C22H28N8O/c1-27-14-15-28(2)21(31)18(27)16-6-8-17(9-7-16)24-19-20-23-10-13-30(20)26-22(25-19)29-11-4-3-5-12-29/h6-10,13,18H,3-5,11-12,14-15H2,1-2H3,(H,24,25,26). The number of rotatable bonds is 4. The summed E-state index contributed by atoms with van der Waals surface area (Å²) in [6.07, 6.45) is 7.17. The van der Waals surface area contributed by atoms with Gasteiger partial charge >= 0.3 is 0 Å². The Morgan fingerprint density at radius 2 is 1.77 bits per heavy atom. The molecule has 9 nitrogen and oxygen atoms in total. The third kappa shape index (κ3) is 3.81. The van der Waals surface area contributed by atoms with E-state index in [-0.39, 0.29) is 11.9 Å². The molecule has 162 valence electrons. The van der Waals surface area contributed by atoms with Crippen molar-refractivity contribution < 1.29 is 4.79 Å². The van der Waals surface area contributed by atoms with Crippen molar-refractivity contribution >= 4 is 29.0 Å². The molecular weight excluding hydrogens is 392 g/mol. The van der Waals surface area contributed by atoms with E-state index in [0.29, 0.717) is 11.5 Å². The van der Waals surface area contributed by atoms with E-state index in [2.05, 4.69) is 25.2 Å². The number of nitrogens with one attached hydrogen (secondary N) is 1. The average Bonchev–Trinajstić information content (AvgIpc) is 3.27. The van der Waals surface area contributed by atoms with E-state index in [1.54, 1.807) is 15.6 Å². The summed E-state index contributed by atoms with van der Waals surface area (Å²) in [5.74, 6) is 1.54. The third-order valence-electron chi connectivity index (χ3n) is 6.21. The number of hydrogen-bond donors (Lipinski definition) is 1. The van der Waals surface area contributed by atoms with Crippen molar-refractivity contribution in [1.29, 1.82) is 0 Å². The molecule has 3 aromatic rings. The van der Waals surface area contributed by atoms with Gasteiger partial charge in [0.15, 0.2) is 11.5 Å². The maximum Gasteiger partial charge on any atom is 0.245 e. The number of benzene rings is 1. The monoisotopic (exact) mass is 420 g/mol. The van der Waals surface area contributed by atoms with Crippen LogP contribution < -0.4 is 10.2 Å². The van der Waals surface area contributed by atoms with Crippen molar-refractivity contribution in [1.82, 2.24) is 29.4 Å². The number of carbonyl (C=O) groups is 1. The van der Waals surface area contributed by atoms with Gasteiger partial charge in [0.25, 0.3) is 0 Å². The fourth-order valence-electron chi connectivity index (χ4n) is 4.35. The highest BCUT2D eigenvalue weighted by atomic mass is 16.2. The molecule has 2 saturated heterocycles. The van der Waals surface area contributed by atoms with Crippen molar-refractivity contribution in [2.75, 3.05) is 50.5 Å². The summed E-state index contributed by atoms with van der Waals surface area (Å²) in [7, 11) is 3.86. The van der Waals surface area contributed by atoms with E-state index in [0.717, 1.165) is 43.4 Å². The molecular formula is C22H28N8O. The maximum atomic E-state index is 12.7. The fourth-order valence-corrected chi connectivity index (χ4v) is 4.35. The Hall–Kier alpha value is -3.20. The summed E-state index contributed by atoms with van der Waals surface area (Å²) in [6.45, 7) is 3.58. The lowest BCUT2D eigenvalue weighted by Crippen LogP contribution is -2.48. The SMILES string of the molecule is CN1CCN(C)C(c2ccc(Nc3nc(N4CCCCC4)nn4ccnc34)cc2)C1=O. The third-order valence-corrected chi connectivity index (χ3v) is 6.21.